The van der Waals surface area contributed by atoms with E-state index in [-0.39, 0.29) is 18.0 Å². The maximum atomic E-state index is 11.7. The summed E-state index contributed by atoms with van der Waals surface area (Å²) in [5, 5.41) is 9.26. The zero-order valence-corrected chi connectivity index (χ0v) is 9.67. The molecule has 2 aromatic rings. The Morgan fingerprint density at radius 2 is 1.89 bits per heavy atom. The van der Waals surface area contributed by atoms with Crippen LogP contribution in [0.5, 0.6) is 5.75 Å². The standard InChI is InChI=1S/C14H13NO3/c15-12-8-11(6-7-13(12)16)14(17)18-9-10-4-2-1-3-5-10/h1-8,16H,9,15H2. The molecule has 0 aromatic heterocycles. The van der Waals surface area contributed by atoms with E-state index in [1.165, 1.54) is 18.2 Å². The van der Waals surface area contributed by atoms with Gasteiger partial charge in [0.2, 0.25) is 0 Å². The lowest BCUT2D eigenvalue weighted by atomic mass is 10.2. The first-order valence-electron chi connectivity index (χ1n) is 5.46. The number of anilines is 1. The maximum absolute atomic E-state index is 11.7. The van der Waals surface area contributed by atoms with E-state index in [1.54, 1.807) is 0 Å². The van der Waals surface area contributed by atoms with Gasteiger partial charge in [0.05, 0.1) is 11.3 Å². The molecular formula is C14H13NO3. The van der Waals surface area contributed by atoms with Crippen LogP contribution < -0.4 is 5.73 Å². The average molecular weight is 243 g/mol. The number of carbonyl (C=O) groups is 1. The molecule has 0 aliphatic heterocycles. The van der Waals surface area contributed by atoms with Crippen molar-refractivity contribution in [3.05, 3.63) is 59.7 Å². The van der Waals surface area contributed by atoms with E-state index in [1.807, 2.05) is 30.3 Å². The predicted octanol–water partition coefficient (Wildman–Crippen LogP) is 2.33. The van der Waals surface area contributed by atoms with Crippen LogP contribution in [-0.2, 0) is 11.3 Å². The number of aromatic hydroxyl groups is 1. The first kappa shape index (κ1) is 12.0. The van der Waals surface area contributed by atoms with Gasteiger partial charge in [0.25, 0.3) is 0 Å². The van der Waals surface area contributed by atoms with Gasteiger partial charge in [-0.15, -0.1) is 0 Å². The minimum Gasteiger partial charge on any atom is -0.506 e. The van der Waals surface area contributed by atoms with Crippen LogP contribution in [0.3, 0.4) is 0 Å². The number of carbonyl (C=O) groups excluding carboxylic acids is 1. The second-order valence-corrected chi connectivity index (χ2v) is 3.84. The molecule has 3 N–H and O–H groups in total. The number of phenols is 1. The summed E-state index contributed by atoms with van der Waals surface area (Å²) in [5.74, 6) is -0.514. The monoisotopic (exact) mass is 243 g/mol. The van der Waals surface area contributed by atoms with Crippen LogP contribution in [0, 0.1) is 0 Å². The summed E-state index contributed by atoms with van der Waals surface area (Å²) in [6.07, 6.45) is 0. The zero-order chi connectivity index (χ0) is 13.0. The molecule has 0 aliphatic carbocycles. The number of rotatable bonds is 3. The smallest absolute Gasteiger partial charge is 0.338 e. The van der Waals surface area contributed by atoms with Gasteiger partial charge in [-0.05, 0) is 23.8 Å². The lowest BCUT2D eigenvalue weighted by Crippen LogP contribution is -2.05. The summed E-state index contributed by atoms with van der Waals surface area (Å²) in [6.45, 7) is 0.209. The lowest BCUT2D eigenvalue weighted by molar-refractivity contribution is 0.0473. The van der Waals surface area contributed by atoms with Crippen LogP contribution in [0.2, 0.25) is 0 Å². The van der Waals surface area contributed by atoms with Crippen molar-refractivity contribution in [2.24, 2.45) is 0 Å². The van der Waals surface area contributed by atoms with E-state index in [4.69, 9.17) is 10.5 Å². The molecule has 0 amide bonds. The Morgan fingerprint density at radius 1 is 1.17 bits per heavy atom. The van der Waals surface area contributed by atoms with Crippen LogP contribution in [0.15, 0.2) is 48.5 Å². The molecule has 18 heavy (non-hydrogen) atoms. The molecule has 4 heteroatoms. The molecule has 0 bridgehead atoms. The number of nitrogen functional groups attached to an aromatic ring is 1. The molecule has 4 nitrogen and oxygen atoms in total. The van der Waals surface area contributed by atoms with Gasteiger partial charge in [-0.3, -0.25) is 0 Å². The zero-order valence-electron chi connectivity index (χ0n) is 9.67. The van der Waals surface area contributed by atoms with E-state index in [9.17, 15) is 9.90 Å². The molecule has 0 heterocycles. The number of esters is 1. The molecule has 0 spiro atoms. The van der Waals surface area contributed by atoms with Crippen LogP contribution in [0.4, 0.5) is 5.69 Å². The molecular weight excluding hydrogens is 230 g/mol. The van der Waals surface area contributed by atoms with Crippen LogP contribution in [0.1, 0.15) is 15.9 Å². The van der Waals surface area contributed by atoms with Gasteiger partial charge in [-0.1, -0.05) is 30.3 Å². The van der Waals surface area contributed by atoms with Gasteiger partial charge in [0.15, 0.2) is 0 Å². The molecule has 2 aromatic carbocycles. The first-order chi connectivity index (χ1) is 8.66. The van der Waals surface area contributed by atoms with Crippen molar-refractivity contribution < 1.29 is 14.6 Å². The Balaban J connectivity index is 2.02. The summed E-state index contributed by atoms with van der Waals surface area (Å²) in [4.78, 5) is 11.7. The highest BCUT2D eigenvalue weighted by Crippen LogP contribution is 2.21. The predicted molar refractivity (Wildman–Crippen MR) is 68.1 cm³/mol. The third-order valence-electron chi connectivity index (χ3n) is 2.48. The highest BCUT2D eigenvalue weighted by Gasteiger charge is 2.09. The minimum absolute atomic E-state index is 0.0467. The third kappa shape index (κ3) is 2.79. The molecule has 0 fully saturated rings. The van der Waals surface area contributed by atoms with E-state index in [0.29, 0.717) is 5.56 Å². The minimum atomic E-state index is -0.467. The number of nitrogens with two attached hydrogens (primary N) is 1. The van der Waals surface area contributed by atoms with Crippen LogP contribution >= 0.6 is 0 Å². The van der Waals surface area contributed by atoms with E-state index in [0.717, 1.165) is 5.56 Å². The Kier molecular flexibility index (Phi) is 3.48. The largest absolute Gasteiger partial charge is 0.506 e. The lowest BCUT2D eigenvalue weighted by Gasteiger charge is -2.06. The van der Waals surface area contributed by atoms with Gasteiger partial charge in [-0.25, -0.2) is 4.79 Å². The SMILES string of the molecule is Nc1cc(C(=O)OCc2ccccc2)ccc1O. The van der Waals surface area contributed by atoms with Crippen molar-refractivity contribution in [1.29, 1.82) is 0 Å². The Hall–Kier alpha value is -2.49. The summed E-state index contributed by atoms with van der Waals surface area (Å²) in [7, 11) is 0. The number of phenolic OH excluding ortho intramolecular Hbond substituents is 1. The van der Waals surface area contributed by atoms with Crippen molar-refractivity contribution in [2.75, 3.05) is 5.73 Å². The molecule has 92 valence electrons. The fourth-order valence-corrected chi connectivity index (χ4v) is 1.49. The van der Waals surface area contributed by atoms with E-state index in [2.05, 4.69) is 0 Å². The molecule has 0 aliphatic rings. The average Bonchev–Trinajstić information content (AvgIpc) is 2.40. The molecule has 0 atom stereocenters. The second kappa shape index (κ2) is 5.23. The van der Waals surface area contributed by atoms with E-state index < -0.39 is 5.97 Å². The topological polar surface area (TPSA) is 72.6 Å². The number of hydrogen-bond donors (Lipinski definition) is 2. The Morgan fingerprint density at radius 3 is 2.56 bits per heavy atom. The van der Waals surface area contributed by atoms with Crippen molar-refractivity contribution in [1.82, 2.24) is 0 Å². The van der Waals surface area contributed by atoms with E-state index >= 15 is 0 Å². The van der Waals surface area contributed by atoms with Gasteiger partial charge >= 0.3 is 5.97 Å². The molecule has 0 saturated carbocycles. The molecule has 2 rings (SSSR count). The van der Waals surface area contributed by atoms with Crippen molar-refractivity contribution in [3.63, 3.8) is 0 Å². The normalized spacial score (nSPS) is 10.0. The number of ether oxygens (including phenoxy) is 1. The first-order valence-corrected chi connectivity index (χ1v) is 5.46. The second-order valence-electron chi connectivity index (χ2n) is 3.84. The molecule has 0 saturated heterocycles. The fourth-order valence-electron chi connectivity index (χ4n) is 1.49. The van der Waals surface area contributed by atoms with Gasteiger partial charge in [-0.2, -0.15) is 0 Å². The number of benzene rings is 2. The van der Waals surface area contributed by atoms with Crippen molar-refractivity contribution in [2.45, 2.75) is 6.61 Å². The van der Waals surface area contributed by atoms with Gasteiger partial charge in [0, 0.05) is 0 Å². The van der Waals surface area contributed by atoms with Crippen molar-refractivity contribution in [3.8, 4) is 5.75 Å². The quantitative estimate of drug-likeness (QED) is 0.493. The summed E-state index contributed by atoms with van der Waals surface area (Å²) in [5.41, 5.74) is 6.90. The highest BCUT2D eigenvalue weighted by molar-refractivity contribution is 5.90. The Bertz CT molecular complexity index is 552. The summed E-state index contributed by atoms with van der Waals surface area (Å²) >= 11 is 0. The van der Waals surface area contributed by atoms with Gasteiger partial charge < -0.3 is 15.6 Å². The molecule has 0 radical (unpaired) electrons. The summed E-state index contributed by atoms with van der Waals surface area (Å²) < 4.78 is 5.13. The third-order valence-corrected chi connectivity index (χ3v) is 2.48. The maximum Gasteiger partial charge on any atom is 0.338 e. The van der Waals surface area contributed by atoms with Crippen molar-refractivity contribution >= 4 is 11.7 Å². The highest BCUT2D eigenvalue weighted by atomic mass is 16.5. The number of hydrogen-bond acceptors (Lipinski definition) is 4. The summed E-state index contributed by atoms with van der Waals surface area (Å²) in [6, 6.07) is 13.6. The van der Waals surface area contributed by atoms with Gasteiger partial charge in [0.1, 0.15) is 12.4 Å². The van der Waals surface area contributed by atoms with Crippen LogP contribution in [0.25, 0.3) is 0 Å². The molecule has 0 unspecified atom stereocenters. The fraction of sp³-hybridized carbons (Fsp3) is 0.0714. The Labute approximate surface area is 105 Å². The van der Waals surface area contributed by atoms with Crippen LogP contribution in [-0.4, -0.2) is 11.1 Å².